The Balaban J connectivity index is 1.43. The number of carbonyl (C=O) groups excluding carboxylic acids is 1. The van der Waals surface area contributed by atoms with Gasteiger partial charge in [-0.3, -0.25) is 9.52 Å². The average molecular weight is 661 g/mol. The molecular weight excluding hydrogens is 641 g/mol. The molecule has 0 unspecified atom stereocenters. The second-order valence-corrected chi connectivity index (χ2v) is 12.1. The lowest BCUT2D eigenvalue weighted by Gasteiger charge is -2.61. The van der Waals surface area contributed by atoms with Gasteiger partial charge in [0.05, 0.1) is 16.9 Å². The van der Waals surface area contributed by atoms with Crippen molar-refractivity contribution in [3.05, 3.63) is 80.1 Å². The summed E-state index contributed by atoms with van der Waals surface area (Å²) in [4.78, 5) is 15.8. The minimum atomic E-state index is -4.14. The van der Waals surface area contributed by atoms with Crippen molar-refractivity contribution in [3.63, 3.8) is 0 Å². The molecule has 3 aliphatic carbocycles. The number of halogens is 5. The van der Waals surface area contributed by atoms with Gasteiger partial charge in [0.15, 0.2) is 23.3 Å². The maximum absolute atomic E-state index is 15.2. The summed E-state index contributed by atoms with van der Waals surface area (Å²) >= 11 is 1.87. The molecule has 0 saturated heterocycles. The number of carbonyl (C=O) groups is 1. The molecule has 0 radical (unpaired) electrons. The van der Waals surface area contributed by atoms with E-state index in [1.54, 1.807) is 0 Å². The summed E-state index contributed by atoms with van der Waals surface area (Å²) in [6.07, 6.45) is 2.70. The number of rotatable bonds is 9. The van der Waals surface area contributed by atoms with Crippen LogP contribution in [0.15, 0.2) is 36.5 Å². The lowest BCUT2D eigenvalue weighted by molar-refractivity contribution is -0.0316. The van der Waals surface area contributed by atoms with E-state index in [0.717, 1.165) is 43.7 Å². The van der Waals surface area contributed by atoms with Gasteiger partial charge in [0.25, 0.3) is 5.91 Å². The van der Waals surface area contributed by atoms with Crippen LogP contribution in [-0.4, -0.2) is 24.8 Å². The number of aromatic nitrogens is 1. The van der Waals surface area contributed by atoms with E-state index in [1.165, 1.54) is 12.1 Å². The number of primary amides is 1. The van der Waals surface area contributed by atoms with Crippen LogP contribution in [0.5, 0.6) is 0 Å². The zero-order valence-corrected chi connectivity index (χ0v) is 22.4. The molecule has 0 aliphatic heterocycles. The molecule has 200 valence electrons. The molecule has 8 nitrogen and oxygen atoms in total. The van der Waals surface area contributed by atoms with Crippen LogP contribution in [0.4, 0.5) is 34.8 Å². The molecule has 0 atom stereocenters. The molecular formula is C24H20F4IN5O3S. The first-order valence-corrected chi connectivity index (χ1v) is 13.9. The topological polar surface area (TPSA) is 126 Å². The van der Waals surface area contributed by atoms with Gasteiger partial charge in [-0.15, -0.1) is 0 Å². The maximum Gasteiger partial charge on any atom is 0.300 e. The highest BCUT2D eigenvalue weighted by molar-refractivity contribution is 14.1. The van der Waals surface area contributed by atoms with Gasteiger partial charge < -0.3 is 11.1 Å². The summed E-state index contributed by atoms with van der Waals surface area (Å²) in [5.41, 5.74) is 2.82. The molecule has 3 saturated carbocycles. The summed E-state index contributed by atoms with van der Waals surface area (Å²) in [7, 11) is -4.14. The van der Waals surface area contributed by atoms with Gasteiger partial charge in [-0.05, 0) is 89.2 Å². The highest BCUT2D eigenvalue weighted by atomic mass is 127. The van der Waals surface area contributed by atoms with Crippen LogP contribution in [-0.2, 0) is 16.6 Å². The molecule has 0 spiro atoms. The number of nitrogens with zero attached hydrogens (tertiary/aromatic N) is 1. The molecule has 1 aromatic heterocycles. The van der Waals surface area contributed by atoms with Crippen LogP contribution in [0.3, 0.4) is 0 Å². The maximum atomic E-state index is 15.2. The minimum Gasteiger partial charge on any atom is -0.366 e. The number of nitrogens with one attached hydrogen (secondary N) is 3. The molecule has 3 aliphatic rings. The minimum absolute atomic E-state index is 0.219. The van der Waals surface area contributed by atoms with E-state index >= 15 is 13.2 Å². The predicted molar refractivity (Wildman–Crippen MR) is 140 cm³/mol. The smallest absolute Gasteiger partial charge is 0.300 e. The number of hydrogen-bond acceptors (Lipinski definition) is 5. The molecule has 6 rings (SSSR count). The van der Waals surface area contributed by atoms with Gasteiger partial charge >= 0.3 is 10.2 Å². The zero-order valence-electron chi connectivity index (χ0n) is 19.4. The van der Waals surface area contributed by atoms with Gasteiger partial charge in [0.1, 0.15) is 5.82 Å². The number of benzene rings is 2. The lowest BCUT2D eigenvalue weighted by atomic mass is 9.50. The van der Waals surface area contributed by atoms with Crippen LogP contribution < -0.4 is 20.5 Å². The van der Waals surface area contributed by atoms with Crippen LogP contribution in [0.25, 0.3) is 0 Å². The summed E-state index contributed by atoms with van der Waals surface area (Å²) in [5.74, 6) is -6.06. The Morgan fingerprint density at radius 3 is 2.37 bits per heavy atom. The van der Waals surface area contributed by atoms with E-state index in [0.29, 0.717) is 9.49 Å². The Kier molecular flexibility index (Phi) is 6.76. The first-order chi connectivity index (χ1) is 17.9. The summed E-state index contributed by atoms with van der Waals surface area (Å²) < 4.78 is 89.7. The first-order valence-electron chi connectivity index (χ1n) is 11.3. The highest BCUT2D eigenvalue weighted by Gasteiger charge is 2.58. The highest BCUT2D eigenvalue weighted by Crippen LogP contribution is 2.57. The van der Waals surface area contributed by atoms with Crippen LogP contribution in [0, 0.1) is 32.8 Å². The van der Waals surface area contributed by atoms with Crippen molar-refractivity contribution < 1.29 is 30.8 Å². The molecule has 1 amide bonds. The Labute approximate surface area is 228 Å². The molecule has 3 fully saturated rings. The van der Waals surface area contributed by atoms with Gasteiger partial charge in [-0.25, -0.2) is 22.5 Å². The van der Waals surface area contributed by atoms with Crippen molar-refractivity contribution in [1.29, 1.82) is 0 Å². The van der Waals surface area contributed by atoms with Crippen molar-refractivity contribution in [2.45, 2.75) is 31.2 Å². The largest absolute Gasteiger partial charge is 0.366 e. The fourth-order valence-electron chi connectivity index (χ4n) is 4.79. The number of anilines is 3. The Morgan fingerprint density at radius 2 is 1.76 bits per heavy atom. The third kappa shape index (κ3) is 5.03. The zero-order chi connectivity index (χ0) is 27.4. The Morgan fingerprint density at radius 1 is 1.05 bits per heavy atom. The van der Waals surface area contributed by atoms with Crippen molar-refractivity contribution in [2.75, 3.05) is 10.0 Å². The van der Waals surface area contributed by atoms with E-state index < -0.39 is 74.0 Å². The summed E-state index contributed by atoms with van der Waals surface area (Å²) in [6, 6.07) is 6.04. The van der Waals surface area contributed by atoms with Gasteiger partial charge in [0.2, 0.25) is 0 Å². The third-order valence-electron chi connectivity index (χ3n) is 6.71. The first kappa shape index (κ1) is 26.6. The SMILES string of the molecule is NC(=O)c1cc(Cc2ccnc(NS(=O)(=O)NC34CC(C3)C4)c2F)c(F)c(F)c1Nc1ccc(I)cc1F. The van der Waals surface area contributed by atoms with Gasteiger partial charge in [-0.1, -0.05) is 0 Å². The van der Waals surface area contributed by atoms with Gasteiger partial charge in [0, 0.05) is 21.7 Å². The second kappa shape index (κ2) is 9.64. The third-order valence-corrected chi connectivity index (χ3v) is 8.54. The molecule has 2 bridgehead atoms. The van der Waals surface area contributed by atoms with Crippen LogP contribution in [0.1, 0.15) is 40.7 Å². The normalized spacial score (nSPS) is 19.9. The molecule has 14 heteroatoms. The van der Waals surface area contributed by atoms with E-state index in [9.17, 15) is 17.6 Å². The average Bonchev–Trinajstić information content (AvgIpc) is 2.79. The molecule has 38 heavy (non-hydrogen) atoms. The van der Waals surface area contributed by atoms with E-state index in [-0.39, 0.29) is 11.3 Å². The Bertz CT molecular complexity index is 1570. The monoisotopic (exact) mass is 661 g/mol. The van der Waals surface area contributed by atoms with Crippen molar-refractivity contribution in [1.82, 2.24) is 9.71 Å². The standard InChI is InChI=1S/C24H20F4IN5O3S/c25-16-7-14(29)1-2-17(16)32-21-15(22(30)35)6-13(18(26)20(21)28)5-12-3-4-31-23(19(12)27)33-38(36,37)34-24-8-11(9-24)10-24/h1-4,6-7,11,32,34H,5,8-10H2,(H2,30,35)(H,31,33). The van der Waals surface area contributed by atoms with Crippen molar-refractivity contribution in [3.8, 4) is 0 Å². The van der Waals surface area contributed by atoms with Crippen LogP contribution >= 0.6 is 22.6 Å². The van der Waals surface area contributed by atoms with E-state index in [2.05, 4.69) is 15.0 Å². The van der Waals surface area contributed by atoms with Crippen molar-refractivity contribution >= 4 is 55.9 Å². The molecule has 3 aromatic rings. The quantitative estimate of drug-likeness (QED) is 0.199. The fraction of sp³-hybridized carbons (Fsp3) is 0.250. The number of hydrogen-bond donors (Lipinski definition) is 4. The van der Waals surface area contributed by atoms with Crippen molar-refractivity contribution in [2.24, 2.45) is 11.7 Å². The molecule has 2 aromatic carbocycles. The molecule has 5 N–H and O–H groups in total. The fourth-order valence-corrected chi connectivity index (χ4v) is 6.51. The van der Waals surface area contributed by atoms with Crippen LogP contribution in [0.2, 0.25) is 0 Å². The second-order valence-electron chi connectivity index (χ2n) is 9.48. The number of nitrogens with two attached hydrogens (primary N) is 1. The summed E-state index contributed by atoms with van der Waals surface area (Å²) in [6.45, 7) is 0. The number of amides is 1. The Hall–Kier alpha value is -2.98. The van der Waals surface area contributed by atoms with E-state index in [1.807, 2.05) is 27.3 Å². The molecule has 1 heterocycles. The summed E-state index contributed by atoms with van der Waals surface area (Å²) in [5, 5.41) is 2.37. The van der Waals surface area contributed by atoms with Gasteiger partial charge in [-0.2, -0.15) is 13.1 Å². The predicted octanol–water partition coefficient (Wildman–Crippen LogP) is 4.47. The lowest BCUT2D eigenvalue weighted by Crippen LogP contribution is -2.68. The number of pyridine rings is 1. The van der Waals surface area contributed by atoms with E-state index in [4.69, 9.17) is 5.73 Å².